The van der Waals surface area contributed by atoms with Crippen LogP contribution in [0, 0.1) is 5.82 Å². The number of ether oxygens (including phenoxy) is 1. The quantitative estimate of drug-likeness (QED) is 0.639. The second-order valence-electron chi connectivity index (χ2n) is 2.86. The number of unbranched alkanes of at least 4 members (excludes halogenated alkanes) is 1. The lowest BCUT2D eigenvalue weighted by molar-refractivity contribution is 0.309. The van der Waals surface area contributed by atoms with Crippen molar-refractivity contribution in [3.63, 3.8) is 0 Å². The fraction of sp³-hybridized carbons (Fsp3) is 0.400. The third-order valence-electron chi connectivity index (χ3n) is 1.71. The third-order valence-corrected chi connectivity index (χ3v) is 2.64. The van der Waals surface area contributed by atoms with E-state index in [-0.39, 0.29) is 5.82 Å². The molecule has 0 N–H and O–H groups in total. The smallest absolute Gasteiger partial charge is 0.137 e. The molecule has 0 aromatic heterocycles. The van der Waals surface area contributed by atoms with Gasteiger partial charge >= 0.3 is 0 Å². The van der Waals surface area contributed by atoms with Gasteiger partial charge in [0, 0.05) is 0 Å². The Morgan fingerprint density at radius 3 is 2.79 bits per heavy atom. The molecule has 78 valence electrons. The van der Waals surface area contributed by atoms with Gasteiger partial charge in [0.2, 0.25) is 0 Å². The number of halogens is 2. The normalized spacial score (nSPS) is 10.2. The van der Waals surface area contributed by atoms with Crippen LogP contribution in [0.25, 0.3) is 0 Å². The van der Waals surface area contributed by atoms with E-state index < -0.39 is 0 Å². The molecule has 1 aromatic rings. The van der Waals surface area contributed by atoms with Crippen molar-refractivity contribution in [3.8, 4) is 5.75 Å². The zero-order chi connectivity index (χ0) is 10.4. The molecule has 14 heavy (non-hydrogen) atoms. The molecule has 1 nitrogen and oxygen atoms in total. The molecular weight excluding hydrogens is 267 g/mol. The topological polar surface area (TPSA) is 9.23 Å². The summed E-state index contributed by atoms with van der Waals surface area (Å²) in [5, 5.41) is 0. The molecule has 0 aliphatic heterocycles. The maximum absolute atomic E-state index is 12.8. The van der Waals surface area contributed by atoms with Crippen LogP contribution in [0.4, 0.5) is 4.39 Å². The molecule has 4 heteroatoms. The van der Waals surface area contributed by atoms with Crippen LogP contribution in [-0.2, 0) is 0 Å². The summed E-state index contributed by atoms with van der Waals surface area (Å²) in [4.78, 5) is 0. The van der Waals surface area contributed by atoms with Gasteiger partial charge in [-0.05, 0) is 52.7 Å². The van der Waals surface area contributed by atoms with Crippen LogP contribution >= 0.6 is 28.6 Å². The molecule has 0 saturated heterocycles. The molecule has 1 aromatic carbocycles. The van der Waals surface area contributed by atoms with Crippen molar-refractivity contribution in [2.75, 3.05) is 12.4 Å². The Labute approximate surface area is 97.2 Å². The molecule has 0 heterocycles. The van der Waals surface area contributed by atoms with Crippen LogP contribution in [0.3, 0.4) is 0 Å². The maximum atomic E-state index is 12.8. The van der Waals surface area contributed by atoms with E-state index >= 15 is 0 Å². The largest absolute Gasteiger partial charge is 0.494 e. The predicted molar refractivity (Wildman–Crippen MR) is 62.7 cm³/mol. The van der Waals surface area contributed by atoms with Gasteiger partial charge in [-0.15, -0.1) is 0 Å². The van der Waals surface area contributed by atoms with Crippen LogP contribution in [0.2, 0.25) is 0 Å². The summed E-state index contributed by atoms with van der Waals surface area (Å²) in [6, 6.07) is 4.65. The van der Waals surface area contributed by atoms with Crippen LogP contribution < -0.4 is 4.74 Å². The highest BCUT2D eigenvalue weighted by molar-refractivity contribution is 9.10. The molecule has 1 rings (SSSR count). The molecular formula is C10H12BrFOS. The van der Waals surface area contributed by atoms with Crippen molar-refractivity contribution in [1.82, 2.24) is 0 Å². The second kappa shape index (κ2) is 6.30. The van der Waals surface area contributed by atoms with Crippen LogP contribution in [-0.4, -0.2) is 12.4 Å². The lowest BCUT2D eigenvalue weighted by Crippen LogP contribution is -1.97. The van der Waals surface area contributed by atoms with Gasteiger partial charge in [0.05, 0.1) is 11.1 Å². The van der Waals surface area contributed by atoms with E-state index in [1.165, 1.54) is 6.07 Å². The minimum Gasteiger partial charge on any atom is -0.494 e. The number of hydrogen-bond donors (Lipinski definition) is 1. The highest BCUT2D eigenvalue weighted by atomic mass is 79.9. The van der Waals surface area contributed by atoms with E-state index in [2.05, 4.69) is 28.6 Å². The van der Waals surface area contributed by atoms with Crippen molar-refractivity contribution in [3.05, 3.63) is 28.5 Å². The molecule has 0 atom stereocenters. The van der Waals surface area contributed by atoms with Gasteiger partial charge in [0.15, 0.2) is 0 Å². The van der Waals surface area contributed by atoms with Crippen molar-refractivity contribution in [1.29, 1.82) is 0 Å². The molecule has 0 aliphatic rings. The van der Waals surface area contributed by atoms with Crippen LogP contribution in [0.15, 0.2) is 22.7 Å². The first-order chi connectivity index (χ1) is 6.74. The van der Waals surface area contributed by atoms with Gasteiger partial charge in [0.25, 0.3) is 0 Å². The number of benzene rings is 1. The van der Waals surface area contributed by atoms with Crippen molar-refractivity contribution >= 4 is 28.6 Å². The average molecular weight is 279 g/mol. The highest BCUT2D eigenvalue weighted by Crippen LogP contribution is 2.21. The summed E-state index contributed by atoms with van der Waals surface area (Å²) in [5.41, 5.74) is 0. The summed E-state index contributed by atoms with van der Waals surface area (Å²) in [6.07, 6.45) is 2.00. The first-order valence-electron chi connectivity index (χ1n) is 4.43. The van der Waals surface area contributed by atoms with E-state index in [0.29, 0.717) is 16.8 Å². The Bertz CT molecular complexity index is 293. The van der Waals surface area contributed by atoms with Crippen molar-refractivity contribution in [2.45, 2.75) is 12.8 Å². The zero-order valence-electron chi connectivity index (χ0n) is 7.67. The van der Waals surface area contributed by atoms with Gasteiger partial charge in [-0.1, -0.05) is 0 Å². The second-order valence-corrected chi connectivity index (χ2v) is 4.16. The summed E-state index contributed by atoms with van der Waals surface area (Å²) in [5.74, 6) is 1.29. The molecule has 0 bridgehead atoms. The van der Waals surface area contributed by atoms with E-state index in [0.717, 1.165) is 18.6 Å². The first kappa shape index (κ1) is 11.9. The fourth-order valence-electron chi connectivity index (χ4n) is 0.971. The minimum atomic E-state index is -0.271. The molecule has 0 spiro atoms. The van der Waals surface area contributed by atoms with Crippen molar-refractivity contribution < 1.29 is 9.13 Å². The summed E-state index contributed by atoms with van der Waals surface area (Å²) < 4.78 is 18.7. The standard InChI is InChI=1S/C10H12BrFOS/c11-9-7-8(3-4-10(9)12)13-5-1-2-6-14/h3-4,7,14H,1-2,5-6H2. The first-order valence-corrected chi connectivity index (χ1v) is 5.85. The monoisotopic (exact) mass is 278 g/mol. The summed E-state index contributed by atoms with van der Waals surface area (Å²) in [7, 11) is 0. The maximum Gasteiger partial charge on any atom is 0.137 e. The SMILES string of the molecule is Fc1ccc(OCCCCS)cc1Br. The fourth-order valence-corrected chi connectivity index (χ4v) is 1.55. The predicted octanol–water partition coefficient (Wildman–Crippen LogP) is 3.68. The van der Waals surface area contributed by atoms with Gasteiger partial charge in [-0.3, -0.25) is 0 Å². The molecule has 0 fully saturated rings. The van der Waals surface area contributed by atoms with Gasteiger partial charge in [-0.2, -0.15) is 12.6 Å². The Morgan fingerprint density at radius 2 is 2.14 bits per heavy atom. The third kappa shape index (κ3) is 3.88. The van der Waals surface area contributed by atoms with Gasteiger partial charge in [-0.25, -0.2) is 4.39 Å². The van der Waals surface area contributed by atoms with Crippen LogP contribution in [0.1, 0.15) is 12.8 Å². The zero-order valence-corrected chi connectivity index (χ0v) is 10.2. The average Bonchev–Trinajstić information content (AvgIpc) is 2.18. The van der Waals surface area contributed by atoms with E-state index in [1.54, 1.807) is 12.1 Å². The summed E-state index contributed by atoms with van der Waals surface area (Å²) >= 11 is 7.20. The van der Waals surface area contributed by atoms with Crippen LogP contribution in [0.5, 0.6) is 5.75 Å². The Balaban J connectivity index is 2.39. The van der Waals surface area contributed by atoms with E-state index in [1.807, 2.05) is 0 Å². The molecule has 0 unspecified atom stereocenters. The Hall–Kier alpha value is -0.220. The highest BCUT2D eigenvalue weighted by Gasteiger charge is 2.00. The molecule has 0 aliphatic carbocycles. The van der Waals surface area contributed by atoms with Gasteiger partial charge < -0.3 is 4.74 Å². The Morgan fingerprint density at radius 1 is 1.36 bits per heavy atom. The molecule has 0 radical (unpaired) electrons. The number of thiol groups is 1. The van der Waals surface area contributed by atoms with Gasteiger partial charge in [0.1, 0.15) is 11.6 Å². The Kier molecular flexibility index (Phi) is 5.33. The number of rotatable bonds is 5. The van der Waals surface area contributed by atoms with E-state index in [9.17, 15) is 4.39 Å². The number of hydrogen-bond acceptors (Lipinski definition) is 2. The lowest BCUT2D eigenvalue weighted by Gasteiger charge is -2.05. The molecule has 0 amide bonds. The van der Waals surface area contributed by atoms with Crippen molar-refractivity contribution in [2.24, 2.45) is 0 Å². The minimum absolute atomic E-state index is 0.271. The van der Waals surface area contributed by atoms with E-state index in [4.69, 9.17) is 4.74 Å². The lowest BCUT2D eigenvalue weighted by atomic mass is 10.3. The summed E-state index contributed by atoms with van der Waals surface area (Å²) in [6.45, 7) is 0.651. The molecule has 0 saturated carbocycles.